The zero-order chi connectivity index (χ0) is 12.0. The number of nitrogen functional groups attached to an aromatic ring is 1. The average Bonchev–Trinajstić information content (AvgIpc) is 2.29. The van der Waals surface area contributed by atoms with Crippen molar-refractivity contribution in [2.75, 3.05) is 30.3 Å². The van der Waals surface area contributed by atoms with Crippen molar-refractivity contribution < 1.29 is 5.11 Å². The summed E-state index contributed by atoms with van der Waals surface area (Å²) in [5.41, 5.74) is 5.73. The van der Waals surface area contributed by atoms with Gasteiger partial charge in [-0.15, -0.1) is 0 Å². The summed E-state index contributed by atoms with van der Waals surface area (Å²) in [6.45, 7) is 5.88. The van der Waals surface area contributed by atoms with Crippen LogP contribution in [-0.2, 0) is 6.42 Å². The quantitative estimate of drug-likeness (QED) is 0.748. The second kappa shape index (κ2) is 6.27. The largest absolute Gasteiger partial charge is 0.396 e. The van der Waals surface area contributed by atoms with Crippen molar-refractivity contribution in [1.82, 2.24) is 9.97 Å². The van der Waals surface area contributed by atoms with Crippen LogP contribution in [0.5, 0.6) is 0 Å². The third-order valence-corrected chi connectivity index (χ3v) is 2.39. The van der Waals surface area contributed by atoms with Crippen molar-refractivity contribution in [2.24, 2.45) is 0 Å². The van der Waals surface area contributed by atoms with Gasteiger partial charge in [0.05, 0.1) is 0 Å². The maximum Gasteiger partial charge on any atom is 0.134 e. The van der Waals surface area contributed by atoms with E-state index < -0.39 is 0 Å². The molecule has 16 heavy (non-hydrogen) atoms. The first-order chi connectivity index (χ1) is 7.71. The molecule has 1 rings (SSSR count). The van der Waals surface area contributed by atoms with Gasteiger partial charge in [0.15, 0.2) is 0 Å². The maximum absolute atomic E-state index is 8.83. The number of aromatic nitrogens is 2. The van der Waals surface area contributed by atoms with E-state index in [2.05, 4.69) is 21.8 Å². The minimum absolute atomic E-state index is 0.192. The number of nitrogens with zero attached hydrogens (tertiary/aromatic N) is 3. The molecule has 0 atom stereocenters. The molecule has 0 aliphatic carbocycles. The van der Waals surface area contributed by atoms with Crippen LogP contribution < -0.4 is 10.6 Å². The Kier molecular flexibility index (Phi) is 4.98. The van der Waals surface area contributed by atoms with Crippen LogP contribution in [0.2, 0.25) is 0 Å². The van der Waals surface area contributed by atoms with Gasteiger partial charge in [-0.3, -0.25) is 0 Å². The van der Waals surface area contributed by atoms with E-state index in [1.165, 1.54) is 0 Å². The fourth-order valence-electron chi connectivity index (χ4n) is 1.52. The Bertz CT molecular complexity index is 330. The molecule has 0 spiro atoms. The molecule has 1 heterocycles. The van der Waals surface area contributed by atoms with E-state index in [0.717, 1.165) is 37.6 Å². The van der Waals surface area contributed by atoms with Crippen molar-refractivity contribution in [1.29, 1.82) is 0 Å². The van der Waals surface area contributed by atoms with Gasteiger partial charge in [0.25, 0.3) is 0 Å². The maximum atomic E-state index is 8.83. The highest BCUT2D eigenvalue weighted by Gasteiger charge is 2.08. The molecule has 1 aromatic heterocycles. The van der Waals surface area contributed by atoms with Crippen molar-refractivity contribution >= 4 is 11.6 Å². The summed E-state index contributed by atoms with van der Waals surface area (Å²) in [5.74, 6) is 2.11. The van der Waals surface area contributed by atoms with Crippen molar-refractivity contribution in [3.8, 4) is 0 Å². The highest BCUT2D eigenvalue weighted by molar-refractivity contribution is 5.46. The first kappa shape index (κ1) is 12.7. The number of hydrogen-bond acceptors (Lipinski definition) is 5. The molecule has 0 aromatic carbocycles. The molecule has 90 valence electrons. The Labute approximate surface area is 96.3 Å². The third kappa shape index (κ3) is 3.34. The zero-order valence-corrected chi connectivity index (χ0v) is 9.98. The summed E-state index contributed by atoms with van der Waals surface area (Å²) in [4.78, 5) is 10.7. The molecule has 0 aliphatic rings. The van der Waals surface area contributed by atoms with Gasteiger partial charge in [-0.05, 0) is 13.3 Å². The summed E-state index contributed by atoms with van der Waals surface area (Å²) < 4.78 is 0. The van der Waals surface area contributed by atoms with Crippen LogP contribution in [0, 0.1) is 0 Å². The smallest absolute Gasteiger partial charge is 0.134 e. The van der Waals surface area contributed by atoms with Gasteiger partial charge < -0.3 is 15.7 Å². The second-order valence-electron chi connectivity index (χ2n) is 3.58. The number of aryl methyl sites for hydroxylation is 1. The lowest BCUT2D eigenvalue weighted by Gasteiger charge is -2.22. The highest BCUT2D eigenvalue weighted by atomic mass is 16.3. The van der Waals surface area contributed by atoms with Gasteiger partial charge in [0.1, 0.15) is 17.5 Å². The molecule has 0 saturated heterocycles. The van der Waals surface area contributed by atoms with Crippen LogP contribution >= 0.6 is 0 Å². The molecule has 5 nitrogen and oxygen atoms in total. The lowest BCUT2D eigenvalue weighted by Crippen LogP contribution is -2.26. The molecule has 0 fully saturated rings. The summed E-state index contributed by atoms with van der Waals surface area (Å²) in [7, 11) is 0. The van der Waals surface area contributed by atoms with Crippen LogP contribution in [0.25, 0.3) is 0 Å². The van der Waals surface area contributed by atoms with E-state index in [1.807, 2.05) is 6.92 Å². The van der Waals surface area contributed by atoms with E-state index in [1.54, 1.807) is 6.07 Å². The summed E-state index contributed by atoms with van der Waals surface area (Å²) in [6.07, 6.45) is 1.51. The first-order valence-corrected chi connectivity index (χ1v) is 5.70. The Morgan fingerprint density at radius 1 is 1.38 bits per heavy atom. The lowest BCUT2D eigenvalue weighted by atomic mass is 10.3. The SMILES string of the molecule is CCc1nc(N)cc(N(CC)CCCO)n1. The first-order valence-electron chi connectivity index (χ1n) is 5.70. The number of aliphatic hydroxyl groups excluding tert-OH is 1. The van der Waals surface area contributed by atoms with Gasteiger partial charge in [-0.25, -0.2) is 9.97 Å². The zero-order valence-electron chi connectivity index (χ0n) is 9.98. The third-order valence-electron chi connectivity index (χ3n) is 2.39. The molecular weight excluding hydrogens is 204 g/mol. The van der Waals surface area contributed by atoms with Gasteiger partial charge in [-0.1, -0.05) is 6.92 Å². The molecule has 0 aliphatic heterocycles. The predicted molar refractivity (Wildman–Crippen MR) is 65.4 cm³/mol. The Morgan fingerprint density at radius 3 is 2.69 bits per heavy atom. The Balaban J connectivity index is 2.86. The van der Waals surface area contributed by atoms with Crippen LogP contribution in [0.4, 0.5) is 11.6 Å². The normalized spacial score (nSPS) is 10.4. The van der Waals surface area contributed by atoms with E-state index in [0.29, 0.717) is 5.82 Å². The van der Waals surface area contributed by atoms with E-state index in [4.69, 9.17) is 10.8 Å². The van der Waals surface area contributed by atoms with E-state index in [-0.39, 0.29) is 6.61 Å². The molecule has 3 N–H and O–H groups in total. The van der Waals surface area contributed by atoms with Gasteiger partial charge in [0, 0.05) is 32.2 Å². The summed E-state index contributed by atoms with van der Waals surface area (Å²) in [5, 5.41) is 8.83. The van der Waals surface area contributed by atoms with Gasteiger partial charge in [0.2, 0.25) is 0 Å². The average molecular weight is 224 g/mol. The highest BCUT2D eigenvalue weighted by Crippen LogP contribution is 2.14. The Hall–Kier alpha value is -1.36. The summed E-state index contributed by atoms with van der Waals surface area (Å²) >= 11 is 0. The molecule has 0 amide bonds. The van der Waals surface area contributed by atoms with E-state index in [9.17, 15) is 0 Å². The number of anilines is 2. The number of aliphatic hydroxyl groups is 1. The Morgan fingerprint density at radius 2 is 2.12 bits per heavy atom. The van der Waals surface area contributed by atoms with Crippen LogP contribution in [0.3, 0.4) is 0 Å². The fourth-order valence-corrected chi connectivity index (χ4v) is 1.52. The van der Waals surface area contributed by atoms with E-state index >= 15 is 0 Å². The molecular formula is C11H20N4O. The van der Waals surface area contributed by atoms with Crippen LogP contribution in [0.1, 0.15) is 26.1 Å². The monoisotopic (exact) mass is 224 g/mol. The molecule has 1 aromatic rings. The topological polar surface area (TPSA) is 75.3 Å². The second-order valence-corrected chi connectivity index (χ2v) is 3.58. The van der Waals surface area contributed by atoms with Gasteiger partial charge >= 0.3 is 0 Å². The standard InChI is InChI=1S/C11H20N4O/c1-3-10-13-9(12)8-11(14-10)15(4-2)6-5-7-16/h8,16H,3-7H2,1-2H3,(H2,12,13,14). The minimum atomic E-state index is 0.192. The number of nitrogens with two attached hydrogens (primary N) is 1. The predicted octanol–water partition coefficient (Wildman–Crippen LogP) is 0.830. The number of rotatable bonds is 6. The van der Waals surface area contributed by atoms with Crippen LogP contribution in [0.15, 0.2) is 6.07 Å². The number of hydrogen-bond donors (Lipinski definition) is 2. The minimum Gasteiger partial charge on any atom is -0.396 e. The molecule has 0 radical (unpaired) electrons. The van der Waals surface area contributed by atoms with Crippen LogP contribution in [-0.4, -0.2) is 34.8 Å². The van der Waals surface area contributed by atoms with Crippen molar-refractivity contribution in [3.05, 3.63) is 11.9 Å². The lowest BCUT2D eigenvalue weighted by molar-refractivity contribution is 0.289. The molecule has 0 saturated carbocycles. The van der Waals surface area contributed by atoms with Crippen molar-refractivity contribution in [2.45, 2.75) is 26.7 Å². The van der Waals surface area contributed by atoms with Crippen molar-refractivity contribution in [3.63, 3.8) is 0 Å². The summed E-state index contributed by atoms with van der Waals surface area (Å²) in [6, 6.07) is 1.78. The molecule has 0 bridgehead atoms. The molecule has 0 unspecified atom stereocenters. The fraction of sp³-hybridized carbons (Fsp3) is 0.636. The van der Waals surface area contributed by atoms with Gasteiger partial charge in [-0.2, -0.15) is 0 Å². The molecule has 5 heteroatoms.